The molecular formula is C29H31ClFN5O3. The Labute approximate surface area is 232 Å². The zero-order valence-electron chi connectivity index (χ0n) is 22.2. The van der Waals surface area contributed by atoms with Gasteiger partial charge in [0.05, 0.1) is 23.5 Å². The van der Waals surface area contributed by atoms with Gasteiger partial charge in [-0.2, -0.15) is 5.26 Å². The van der Waals surface area contributed by atoms with E-state index < -0.39 is 11.7 Å². The Morgan fingerprint density at radius 1 is 1.21 bits per heavy atom. The Kier molecular flexibility index (Phi) is 8.56. The summed E-state index contributed by atoms with van der Waals surface area (Å²) in [5.41, 5.74) is 9.58. The molecule has 2 N–H and O–H groups in total. The van der Waals surface area contributed by atoms with Crippen LogP contribution in [0.1, 0.15) is 61.2 Å². The number of ether oxygens (including phenoxy) is 2. The van der Waals surface area contributed by atoms with Gasteiger partial charge < -0.3 is 20.1 Å². The van der Waals surface area contributed by atoms with E-state index in [1.807, 2.05) is 0 Å². The quantitative estimate of drug-likeness (QED) is 0.284. The Morgan fingerprint density at radius 2 is 1.95 bits per heavy atom. The fourth-order valence-electron chi connectivity index (χ4n) is 4.61. The second-order valence-corrected chi connectivity index (χ2v) is 10.7. The number of nitrogens with zero attached hydrogens (tertiary/aromatic N) is 4. The van der Waals surface area contributed by atoms with Crippen molar-refractivity contribution in [3.8, 4) is 11.8 Å². The zero-order chi connectivity index (χ0) is 28.2. The lowest BCUT2D eigenvalue weighted by Gasteiger charge is -2.27. The molecule has 3 aromatic rings. The number of nitrogens with two attached hydrogens (primary N) is 1. The molecule has 0 saturated heterocycles. The first kappa shape index (κ1) is 28.1. The fraction of sp³-hybridized carbons (Fsp3) is 0.379. The van der Waals surface area contributed by atoms with Crippen molar-refractivity contribution in [1.29, 1.82) is 5.26 Å². The number of halogens is 2. The van der Waals surface area contributed by atoms with Crippen LogP contribution in [-0.4, -0.2) is 46.3 Å². The van der Waals surface area contributed by atoms with Crippen LogP contribution in [0.4, 0.5) is 14.9 Å². The molecule has 0 radical (unpaired) electrons. The minimum atomic E-state index is -0.681. The molecule has 0 spiro atoms. The van der Waals surface area contributed by atoms with Crippen LogP contribution in [0.25, 0.3) is 0 Å². The molecule has 1 aliphatic rings. The van der Waals surface area contributed by atoms with E-state index in [0.717, 1.165) is 35.4 Å². The lowest BCUT2D eigenvalue weighted by molar-refractivity contribution is 0.0228. The maximum atomic E-state index is 13.5. The lowest BCUT2D eigenvalue weighted by Crippen LogP contribution is -2.40. The average molecular weight is 552 g/mol. The van der Waals surface area contributed by atoms with Crippen LogP contribution in [0.5, 0.6) is 5.75 Å². The van der Waals surface area contributed by atoms with Gasteiger partial charge in [0.15, 0.2) is 0 Å². The van der Waals surface area contributed by atoms with Gasteiger partial charge in [0.1, 0.15) is 29.8 Å². The summed E-state index contributed by atoms with van der Waals surface area (Å²) in [5.74, 6) is 0.0703. The van der Waals surface area contributed by atoms with E-state index in [4.69, 9.17) is 26.8 Å². The van der Waals surface area contributed by atoms with E-state index in [2.05, 4.69) is 16.0 Å². The van der Waals surface area contributed by atoms with Gasteiger partial charge in [-0.05, 0) is 80.6 Å². The van der Waals surface area contributed by atoms with Crippen LogP contribution in [0.3, 0.4) is 0 Å². The molecule has 1 amide bonds. The molecule has 0 bridgehead atoms. The number of benzene rings is 2. The molecule has 1 atom stereocenters. The minimum Gasteiger partial charge on any atom is -0.490 e. The summed E-state index contributed by atoms with van der Waals surface area (Å²) in [6, 6.07) is 13.3. The number of hydrogen-bond donors (Lipinski definition) is 1. The van der Waals surface area contributed by atoms with Crippen molar-refractivity contribution in [2.75, 3.05) is 25.4 Å². The van der Waals surface area contributed by atoms with Crippen LogP contribution in [0.2, 0.25) is 5.28 Å². The van der Waals surface area contributed by atoms with Gasteiger partial charge in [-0.25, -0.2) is 19.2 Å². The second-order valence-electron chi connectivity index (χ2n) is 10.4. The van der Waals surface area contributed by atoms with Crippen LogP contribution < -0.4 is 10.5 Å². The maximum absolute atomic E-state index is 13.5. The van der Waals surface area contributed by atoms with E-state index in [0.29, 0.717) is 30.0 Å². The first-order chi connectivity index (χ1) is 18.5. The van der Waals surface area contributed by atoms with Gasteiger partial charge >= 0.3 is 6.09 Å². The zero-order valence-corrected chi connectivity index (χ0v) is 23.0. The molecule has 2 aromatic carbocycles. The van der Waals surface area contributed by atoms with E-state index in [9.17, 15) is 14.4 Å². The van der Waals surface area contributed by atoms with Crippen LogP contribution >= 0.6 is 11.6 Å². The highest BCUT2D eigenvalue weighted by molar-refractivity contribution is 6.28. The molecule has 1 unspecified atom stereocenters. The third kappa shape index (κ3) is 7.15. The predicted molar refractivity (Wildman–Crippen MR) is 146 cm³/mol. The van der Waals surface area contributed by atoms with Crippen molar-refractivity contribution in [3.63, 3.8) is 0 Å². The Bertz CT molecular complexity index is 1390. The van der Waals surface area contributed by atoms with Crippen LogP contribution in [0, 0.1) is 17.1 Å². The molecule has 4 rings (SSSR count). The number of carbonyl (C=O) groups is 1. The molecule has 8 nitrogen and oxygen atoms in total. The maximum Gasteiger partial charge on any atom is 0.410 e. The van der Waals surface area contributed by atoms with Gasteiger partial charge in [0.25, 0.3) is 0 Å². The highest BCUT2D eigenvalue weighted by Gasteiger charge is 2.30. The van der Waals surface area contributed by atoms with Gasteiger partial charge in [-0.3, -0.25) is 0 Å². The largest absolute Gasteiger partial charge is 0.490 e. The van der Waals surface area contributed by atoms with E-state index in [1.54, 1.807) is 56.0 Å². The van der Waals surface area contributed by atoms with Crippen LogP contribution in [-0.2, 0) is 17.6 Å². The molecule has 0 saturated carbocycles. The van der Waals surface area contributed by atoms with Gasteiger partial charge in [0.2, 0.25) is 5.28 Å². The number of hydrogen-bond acceptors (Lipinski definition) is 7. The third-order valence-electron chi connectivity index (χ3n) is 6.40. The molecule has 10 heteroatoms. The normalized spacial score (nSPS) is 14.4. The number of carbonyl (C=O) groups excluding carboxylic acids is 1. The summed E-state index contributed by atoms with van der Waals surface area (Å²) in [6.45, 7) is 6.07. The Balaban J connectivity index is 1.50. The average Bonchev–Trinajstić information content (AvgIpc) is 3.29. The molecule has 204 valence electrons. The second kappa shape index (κ2) is 11.9. The molecule has 1 heterocycles. The van der Waals surface area contributed by atoms with Crippen molar-refractivity contribution < 1.29 is 18.7 Å². The monoisotopic (exact) mass is 551 g/mol. The summed E-state index contributed by atoms with van der Waals surface area (Å²) in [7, 11) is 0. The standard InChI is InChI=1S/C29H31ClFN5O3/c1-29(2,3)39-28(37)36(14-15-38-25-16-21(33)9-6-19(25)17-32)13-12-24-23-11-10-22(26(23)35-27(30)34-24)18-4-7-20(31)8-5-18/h4-9,16,22H,10-15,33H2,1-3H3. The number of anilines is 1. The SMILES string of the molecule is CC(C)(C)OC(=O)N(CCOc1cc(N)ccc1C#N)CCc1nc(Cl)nc2c1CCC2c1ccc(F)cc1. The summed E-state index contributed by atoms with van der Waals surface area (Å²) >= 11 is 6.32. The first-order valence-corrected chi connectivity index (χ1v) is 13.1. The molecule has 1 aliphatic carbocycles. The topological polar surface area (TPSA) is 114 Å². The fourth-order valence-corrected chi connectivity index (χ4v) is 4.80. The molecule has 1 aromatic heterocycles. The van der Waals surface area contributed by atoms with Crippen molar-refractivity contribution in [2.24, 2.45) is 0 Å². The van der Waals surface area contributed by atoms with Crippen LogP contribution in [0.15, 0.2) is 42.5 Å². The van der Waals surface area contributed by atoms with Gasteiger partial charge in [-0.15, -0.1) is 0 Å². The van der Waals surface area contributed by atoms with Gasteiger partial charge in [-0.1, -0.05) is 12.1 Å². The van der Waals surface area contributed by atoms with E-state index >= 15 is 0 Å². The smallest absolute Gasteiger partial charge is 0.410 e. The molecule has 0 fully saturated rings. The van der Waals surface area contributed by atoms with Crippen molar-refractivity contribution in [3.05, 3.63) is 81.6 Å². The number of nitriles is 1. The molecule has 0 aliphatic heterocycles. The molecular weight excluding hydrogens is 521 g/mol. The predicted octanol–water partition coefficient (Wildman–Crippen LogP) is 5.66. The summed E-state index contributed by atoms with van der Waals surface area (Å²) < 4.78 is 24.9. The van der Waals surface area contributed by atoms with Crippen molar-refractivity contribution in [1.82, 2.24) is 14.9 Å². The minimum absolute atomic E-state index is 0.00264. The number of aromatic nitrogens is 2. The number of amides is 1. The lowest BCUT2D eigenvalue weighted by atomic mass is 9.96. The summed E-state index contributed by atoms with van der Waals surface area (Å²) in [6.07, 6.45) is 1.52. The summed E-state index contributed by atoms with van der Waals surface area (Å²) in [4.78, 5) is 23.6. The number of rotatable bonds is 8. The van der Waals surface area contributed by atoms with Crippen molar-refractivity contribution in [2.45, 2.75) is 51.6 Å². The van der Waals surface area contributed by atoms with E-state index in [1.165, 1.54) is 12.1 Å². The number of nitrogen functional groups attached to an aromatic ring is 1. The Morgan fingerprint density at radius 3 is 2.64 bits per heavy atom. The first-order valence-electron chi connectivity index (χ1n) is 12.7. The number of fused-ring (bicyclic) bond motifs is 1. The third-order valence-corrected chi connectivity index (χ3v) is 6.57. The Hall–Kier alpha value is -3.90. The molecule has 39 heavy (non-hydrogen) atoms. The van der Waals surface area contributed by atoms with Gasteiger partial charge in [0, 0.05) is 30.6 Å². The highest BCUT2D eigenvalue weighted by atomic mass is 35.5. The summed E-state index contributed by atoms with van der Waals surface area (Å²) in [5, 5.41) is 9.49. The highest BCUT2D eigenvalue weighted by Crippen LogP contribution is 2.38. The van der Waals surface area contributed by atoms with E-state index in [-0.39, 0.29) is 30.2 Å². The van der Waals surface area contributed by atoms with Crippen molar-refractivity contribution >= 4 is 23.4 Å².